The molecule has 2 atom stereocenters. The van der Waals surface area contributed by atoms with Crippen molar-refractivity contribution in [3.05, 3.63) is 88.3 Å². The molecular weight excluding hydrogens is 534 g/mol. The van der Waals surface area contributed by atoms with Gasteiger partial charge in [-0.05, 0) is 54.5 Å². The maximum Gasteiger partial charge on any atom is 0.328 e. The van der Waals surface area contributed by atoms with Gasteiger partial charge in [0.1, 0.15) is 11.1 Å². The number of rotatable bonds is 7. The number of aliphatic carboxylic acids is 1. The summed E-state index contributed by atoms with van der Waals surface area (Å²) in [4.78, 5) is 51.9. The zero-order chi connectivity index (χ0) is 27.5. The van der Waals surface area contributed by atoms with Crippen molar-refractivity contribution in [2.45, 2.75) is 41.7 Å². The van der Waals surface area contributed by atoms with Crippen molar-refractivity contribution in [2.24, 2.45) is 0 Å². The Kier molecular flexibility index (Phi) is 7.63. The van der Waals surface area contributed by atoms with Gasteiger partial charge < -0.3 is 10.4 Å². The average molecular weight is 558 g/mol. The summed E-state index contributed by atoms with van der Waals surface area (Å²) in [6, 6.07) is 19.3. The predicted molar refractivity (Wildman–Crippen MR) is 149 cm³/mol. The van der Waals surface area contributed by atoms with Crippen molar-refractivity contribution in [1.29, 1.82) is 5.26 Å². The van der Waals surface area contributed by atoms with Crippen LogP contribution in [0.5, 0.6) is 0 Å². The number of nitrogens with zero attached hydrogens (tertiary/aromatic N) is 2. The molecule has 2 N–H and O–H groups in total. The number of imide groups is 1. The molecule has 3 amide bonds. The fraction of sp³-hybridized carbons (Fsp3) is 0.207. The number of nitrogens with one attached hydrogen (secondary N) is 1. The van der Waals surface area contributed by atoms with Crippen molar-refractivity contribution < 1.29 is 24.3 Å². The van der Waals surface area contributed by atoms with Gasteiger partial charge in [-0.25, -0.2) is 9.69 Å². The normalized spacial score (nSPS) is 18.7. The number of carboxylic acid groups (broad SMARTS) is 1. The largest absolute Gasteiger partial charge is 0.478 e. The van der Waals surface area contributed by atoms with Crippen LogP contribution in [0.25, 0.3) is 0 Å². The lowest BCUT2D eigenvalue weighted by Crippen LogP contribution is -2.31. The fourth-order valence-corrected chi connectivity index (χ4v) is 7.42. The minimum Gasteiger partial charge on any atom is -0.478 e. The molecule has 10 heteroatoms. The molecule has 1 aromatic heterocycles. The number of fused-ring (bicyclic) bond motifs is 1. The van der Waals surface area contributed by atoms with E-state index < -0.39 is 17.1 Å². The highest BCUT2D eigenvalue weighted by Gasteiger charge is 2.43. The predicted octanol–water partition coefficient (Wildman–Crippen LogP) is 4.90. The molecule has 1 fully saturated rings. The van der Waals surface area contributed by atoms with Gasteiger partial charge in [0.05, 0.1) is 10.8 Å². The van der Waals surface area contributed by atoms with Crippen molar-refractivity contribution in [1.82, 2.24) is 0 Å². The van der Waals surface area contributed by atoms with Gasteiger partial charge in [0.15, 0.2) is 0 Å². The standard InChI is InChI=1S/C29H23N3O5S2/c30-16-22-21-10-9-18(17-5-2-1-3-6-17)13-23(21)39-29(22)32-26(34)15-24(28(32)37)38-20-8-4-7-19(14-20)31-25(33)11-12-27(35)36/h1-8,11-12,14,18,24H,9-10,13,15H2,(H,31,33)(H,35,36)/b12-11+/t18-,24+/m0/s1. The molecule has 2 aliphatic rings. The number of nitriles is 1. The van der Waals surface area contributed by atoms with E-state index in [-0.39, 0.29) is 18.2 Å². The Hall–Kier alpha value is -4.20. The van der Waals surface area contributed by atoms with Gasteiger partial charge in [-0.3, -0.25) is 14.4 Å². The van der Waals surface area contributed by atoms with E-state index in [1.54, 1.807) is 24.3 Å². The Balaban J connectivity index is 1.33. The first-order valence-electron chi connectivity index (χ1n) is 12.3. The molecular formula is C29H23N3O5S2. The second-order valence-electron chi connectivity index (χ2n) is 9.21. The number of thiophene rings is 1. The first-order chi connectivity index (χ1) is 18.8. The molecule has 2 heterocycles. The summed E-state index contributed by atoms with van der Waals surface area (Å²) in [5.74, 6) is -2.20. The molecule has 39 heavy (non-hydrogen) atoms. The van der Waals surface area contributed by atoms with E-state index in [0.717, 1.165) is 41.9 Å². The minimum atomic E-state index is -1.23. The van der Waals surface area contributed by atoms with Gasteiger partial charge >= 0.3 is 5.97 Å². The molecule has 1 saturated heterocycles. The van der Waals surface area contributed by atoms with E-state index in [9.17, 15) is 24.4 Å². The molecule has 5 rings (SSSR count). The topological polar surface area (TPSA) is 128 Å². The SMILES string of the molecule is N#Cc1c(N2C(=O)C[C@@H](Sc3cccc(NC(=O)/C=C/C(=O)O)c3)C2=O)sc2c1CC[C@H](c1ccccc1)C2. The first kappa shape index (κ1) is 26.4. The Morgan fingerprint density at radius 1 is 1.10 bits per heavy atom. The van der Waals surface area contributed by atoms with Gasteiger partial charge in [-0.2, -0.15) is 5.26 Å². The van der Waals surface area contributed by atoms with Crippen LogP contribution in [0.1, 0.15) is 40.3 Å². The monoisotopic (exact) mass is 557 g/mol. The zero-order valence-corrected chi connectivity index (χ0v) is 22.3. The second kappa shape index (κ2) is 11.3. The zero-order valence-electron chi connectivity index (χ0n) is 20.6. The number of amides is 3. The number of anilines is 2. The van der Waals surface area contributed by atoms with E-state index in [4.69, 9.17) is 5.11 Å². The Morgan fingerprint density at radius 2 is 1.90 bits per heavy atom. The van der Waals surface area contributed by atoms with Crippen LogP contribution in [-0.2, 0) is 32.0 Å². The van der Waals surface area contributed by atoms with Crippen LogP contribution < -0.4 is 10.2 Å². The van der Waals surface area contributed by atoms with Crippen LogP contribution in [0.15, 0.2) is 71.6 Å². The van der Waals surface area contributed by atoms with E-state index in [0.29, 0.717) is 27.1 Å². The van der Waals surface area contributed by atoms with Crippen LogP contribution in [0.2, 0.25) is 0 Å². The highest BCUT2D eigenvalue weighted by molar-refractivity contribution is 8.00. The summed E-state index contributed by atoms with van der Waals surface area (Å²) in [5.41, 5.74) is 3.05. The molecule has 196 valence electrons. The quantitative estimate of drug-likeness (QED) is 0.313. The summed E-state index contributed by atoms with van der Waals surface area (Å²) >= 11 is 2.58. The van der Waals surface area contributed by atoms with Crippen molar-refractivity contribution >= 4 is 57.5 Å². The second-order valence-corrected chi connectivity index (χ2v) is 11.6. The molecule has 0 radical (unpaired) electrons. The molecule has 1 aliphatic heterocycles. The number of carbonyl (C=O) groups excluding carboxylic acids is 3. The van der Waals surface area contributed by atoms with Crippen molar-refractivity contribution in [3.8, 4) is 6.07 Å². The third-order valence-corrected chi connectivity index (χ3v) is 9.11. The summed E-state index contributed by atoms with van der Waals surface area (Å²) in [6.45, 7) is 0. The van der Waals surface area contributed by atoms with Gasteiger partial charge in [-0.15, -0.1) is 23.1 Å². The van der Waals surface area contributed by atoms with Crippen molar-refractivity contribution in [3.63, 3.8) is 0 Å². The molecule has 3 aromatic rings. The van der Waals surface area contributed by atoms with Crippen LogP contribution in [0.3, 0.4) is 0 Å². The maximum absolute atomic E-state index is 13.4. The molecule has 0 bridgehead atoms. The van der Waals surface area contributed by atoms with Crippen LogP contribution >= 0.6 is 23.1 Å². The van der Waals surface area contributed by atoms with Gasteiger partial charge in [0.2, 0.25) is 17.7 Å². The molecule has 0 unspecified atom stereocenters. The molecule has 1 aliphatic carbocycles. The van der Waals surface area contributed by atoms with Gasteiger partial charge in [0, 0.05) is 34.0 Å². The number of thioether (sulfide) groups is 1. The Bertz CT molecular complexity index is 1540. The molecule has 2 aromatic carbocycles. The van der Waals surface area contributed by atoms with E-state index in [1.165, 1.54) is 33.6 Å². The highest BCUT2D eigenvalue weighted by Crippen LogP contribution is 2.46. The molecule has 8 nitrogen and oxygen atoms in total. The van der Waals surface area contributed by atoms with Gasteiger partial charge in [-0.1, -0.05) is 36.4 Å². The minimum absolute atomic E-state index is 0.00150. The van der Waals surface area contributed by atoms with Crippen LogP contribution in [0, 0.1) is 11.3 Å². The summed E-state index contributed by atoms with van der Waals surface area (Å²) in [5, 5.41) is 21.0. The Labute approximate surface area is 232 Å². The third kappa shape index (κ3) is 5.65. The Morgan fingerprint density at radius 3 is 2.64 bits per heavy atom. The van der Waals surface area contributed by atoms with Crippen LogP contribution in [-0.4, -0.2) is 34.0 Å². The van der Waals surface area contributed by atoms with E-state index >= 15 is 0 Å². The summed E-state index contributed by atoms with van der Waals surface area (Å²) in [7, 11) is 0. The van der Waals surface area contributed by atoms with E-state index in [1.807, 2.05) is 18.2 Å². The van der Waals surface area contributed by atoms with Crippen molar-refractivity contribution in [2.75, 3.05) is 10.2 Å². The van der Waals surface area contributed by atoms with Crippen LogP contribution in [0.4, 0.5) is 10.7 Å². The lowest BCUT2D eigenvalue weighted by molar-refractivity contribution is -0.131. The van der Waals surface area contributed by atoms with E-state index in [2.05, 4.69) is 23.5 Å². The summed E-state index contributed by atoms with van der Waals surface area (Å²) < 4.78 is 0. The molecule has 0 spiro atoms. The average Bonchev–Trinajstić information content (AvgIpc) is 3.42. The third-order valence-electron chi connectivity index (χ3n) is 6.70. The lowest BCUT2D eigenvalue weighted by Gasteiger charge is -2.22. The maximum atomic E-state index is 13.4. The molecule has 0 saturated carbocycles. The number of hydrogen-bond donors (Lipinski definition) is 2. The summed E-state index contributed by atoms with van der Waals surface area (Å²) in [6.07, 6.45) is 4.05. The number of hydrogen-bond acceptors (Lipinski definition) is 7. The number of benzene rings is 2. The lowest BCUT2D eigenvalue weighted by atomic mass is 9.83. The first-order valence-corrected chi connectivity index (χ1v) is 14.0. The smallest absolute Gasteiger partial charge is 0.328 e. The fourth-order valence-electron chi connectivity index (χ4n) is 4.91. The number of carbonyl (C=O) groups is 4. The van der Waals surface area contributed by atoms with Gasteiger partial charge in [0.25, 0.3) is 0 Å². The number of carboxylic acids is 1. The highest BCUT2D eigenvalue weighted by atomic mass is 32.2.